The van der Waals surface area contributed by atoms with Crippen LogP contribution in [0.5, 0.6) is 0 Å². The lowest BCUT2D eigenvalue weighted by Gasteiger charge is -2.03. The van der Waals surface area contributed by atoms with Gasteiger partial charge in [0, 0.05) is 19.6 Å². The Morgan fingerprint density at radius 1 is 0.727 bits per heavy atom. The molecule has 1 heterocycles. The molecule has 0 aromatic rings. The highest BCUT2D eigenvalue weighted by Gasteiger charge is 1.93. The topological polar surface area (TPSA) is 42.5 Å². The normalized spacial score (nSPS) is 24.0. The molecule has 0 spiro atoms. The van der Waals surface area contributed by atoms with E-state index in [2.05, 4.69) is 10.6 Å². The van der Waals surface area contributed by atoms with Gasteiger partial charge in [0.25, 0.3) is 0 Å². The number of hydrogen-bond donors (Lipinski definition) is 2. The summed E-state index contributed by atoms with van der Waals surface area (Å²) in [5.74, 6) is 0. The predicted molar refractivity (Wildman–Crippen MR) is 42.5 cm³/mol. The Bertz CT molecular complexity index is 52.5. The van der Waals surface area contributed by atoms with E-state index in [-0.39, 0.29) is 0 Å². The molecule has 2 N–H and O–H groups in total. The monoisotopic (exact) mass is 160 g/mol. The van der Waals surface area contributed by atoms with Gasteiger partial charge in [-0.15, -0.1) is 0 Å². The van der Waals surface area contributed by atoms with E-state index < -0.39 is 0 Å². The zero-order valence-corrected chi connectivity index (χ0v) is 6.77. The van der Waals surface area contributed by atoms with Gasteiger partial charge >= 0.3 is 0 Å². The molecule has 0 aliphatic carbocycles. The minimum atomic E-state index is 0.630. The molecule has 0 unspecified atom stereocenters. The molecule has 1 aliphatic heterocycles. The van der Waals surface area contributed by atoms with Crippen molar-refractivity contribution in [1.82, 2.24) is 10.6 Å². The predicted octanol–water partition coefficient (Wildman–Crippen LogP) is -0.830. The van der Waals surface area contributed by atoms with Gasteiger partial charge < -0.3 is 14.8 Å². The molecule has 1 fully saturated rings. The molecule has 0 bridgehead atoms. The van der Waals surface area contributed by atoms with Crippen molar-refractivity contribution in [2.75, 3.05) is 46.2 Å². The number of nitrogens with one attached hydrogen (secondary N) is 2. The number of ether oxygens (including phenoxy) is 2. The van der Waals surface area contributed by atoms with Crippen LogP contribution in [0.2, 0.25) is 0 Å². The van der Waals surface area contributed by atoms with Crippen LogP contribution in [0.3, 0.4) is 0 Å². The SMILES string of the molecule is C1COCCNCOCCN1. The highest BCUT2D eigenvalue weighted by atomic mass is 16.5. The molecule has 1 saturated heterocycles. The fraction of sp³-hybridized carbons (Fsp3) is 1.00. The summed E-state index contributed by atoms with van der Waals surface area (Å²) < 4.78 is 10.5. The molecule has 0 aromatic carbocycles. The van der Waals surface area contributed by atoms with Crippen molar-refractivity contribution in [1.29, 1.82) is 0 Å². The van der Waals surface area contributed by atoms with Crippen LogP contribution in [0.15, 0.2) is 0 Å². The van der Waals surface area contributed by atoms with Crippen LogP contribution in [0, 0.1) is 0 Å². The van der Waals surface area contributed by atoms with E-state index in [1.165, 1.54) is 0 Å². The molecule has 1 rings (SSSR count). The van der Waals surface area contributed by atoms with Crippen LogP contribution >= 0.6 is 0 Å². The van der Waals surface area contributed by atoms with E-state index in [0.717, 1.165) is 39.5 Å². The van der Waals surface area contributed by atoms with E-state index >= 15 is 0 Å². The maximum Gasteiger partial charge on any atom is 0.0966 e. The van der Waals surface area contributed by atoms with Gasteiger partial charge in [0.15, 0.2) is 0 Å². The molecule has 66 valence electrons. The van der Waals surface area contributed by atoms with Crippen molar-refractivity contribution in [3.05, 3.63) is 0 Å². The summed E-state index contributed by atoms with van der Waals surface area (Å²) in [6.07, 6.45) is 0. The first-order chi connectivity index (χ1) is 5.50. The average molecular weight is 160 g/mol. The second-order valence-corrected chi connectivity index (χ2v) is 2.41. The van der Waals surface area contributed by atoms with E-state index in [1.807, 2.05) is 0 Å². The van der Waals surface area contributed by atoms with Crippen LogP contribution in [-0.2, 0) is 9.47 Å². The molecular formula is C7H16N2O2. The van der Waals surface area contributed by atoms with Gasteiger partial charge in [-0.05, 0) is 0 Å². The molecule has 0 radical (unpaired) electrons. The third-order valence-corrected chi connectivity index (χ3v) is 1.47. The van der Waals surface area contributed by atoms with Gasteiger partial charge in [0.2, 0.25) is 0 Å². The van der Waals surface area contributed by atoms with Crippen molar-refractivity contribution in [3.8, 4) is 0 Å². The van der Waals surface area contributed by atoms with E-state index in [1.54, 1.807) is 0 Å². The van der Waals surface area contributed by atoms with E-state index in [0.29, 0.717) is 6.73 Å². The molecule has 0 saturated carbocycles. The highest BCUT2D eigenvalue weighted by Crippen LogP contribution is 1.76. The first-order valence-electron chi connectivity index (χ1n) is 4.07. The van der Waals surface area contributed by atoms with Crippen molar-refractivity contribution >= 4 is 0 Å². The zero-order valence-electron chi connectivity index (χ0n) is 6.77. The first-order valence-corrected chi connectivity index (χ1v) is 4.07. The standard InChI is InChI=1S/C7H16N2O2/c1-4-10-5-3-9-7-11-6-2-8-1/h8-9H,1-7H2. The lowest BCUT2D eigenvalue weighted by molar-refractivity contribution is 0.111. The quantitative estimate of drug-likeness (QED) is 0.485. The fourth-order valence-corrected chi connectivity index (χ4v) is 0.877. The highest BCUT2D eigenvalue weighted by molar-refractivity contribution is 4.47. The Balaban J connectivity index is 2.02. The van der Waals surface area contributed by atoms with Crippen LogP contribution < -0.4 is 10.6 Å². The summed E-state index contributed by atoms with van der Waals surface area (Å²) in [7, 11) is 0. The average Bonchev–Trinajstić information content (AvgIpc) is 2.08. The second-order valence-electron chi connectivity index (χ2n) is 2.41. The molecule has 0 aromatic heterocycles. The second kappa shape index (κ2) is 6.54. The Morgan fingerprint density at radius 2 is 1.36 bits per heavy atom. The third-order valence-electron chi connectivity index (χ3n) is 1.47. The third kappa shape index (κ3) is 5.15. The Hall–Kier alpha value is -0.160. The van der Waals surface area contributed by atoms with Crippen LogP contribution in [0.25, 0.3) is 0 Å². The van der Waals surface area contributed by atoms with E-state index in [4.69, 9.17) is 9.47 Å². The molecule has 1 aliphatic rings. The first kappa shape index (κ1) is 8.93. The smallest absolute Gasteiger partial charge is 0.0966 e. The molecular weight excluding hydrogens is 144 g/mol. The summed E-state index contributed by atoms with van der Waals surface area (Å²) in [5, 5.41) is 6.31. The van der Waals surface area contributed by atoms with Crippen molar-refractivity contribution in [2.24, 2.45) is 0 Å². The summed E-state index contributed by atoms with van der Waals surface area (Å²) >= 11 is 0. The lowest BCUT2D eigenvalue weighted by atomic mass is 10.6. The van der Waals surface area contributed by atoms with E-state index in [9.17, 15) is 0 Å². The molecule has 0 amide bonds. The van der Waals surface area contributed by atoms with Crippen molar-refractivity contribution in [2.45, 2.75) is 0 Å². The summed E-state index contributed by atoms with van der Waals surface area (Å²) in [4.78, 5) is 0. The van der Waals surface area contributed by atoms with Crippen LogP contribution in [0.4, 0.5) is 0 Å². The largest absolute Gasteiger partial charge is 0.379 e. The minimum Gasteiger partial charge on any atom is -0.379 e. The Kier molecular flexibility index (Phi) is 5.31. The van der Waals surface area contributed by atoms with Crippen molar-refractivity contribution < 1.29 is 9.47 Å². The molecule has 4 heteroatoms. The van der Waals surface area contributed by atoms with Gasteiger partial charge in [-0.25, -0.2) is 0 Å². The van der Waals surface area contributed by atoms with Crippen molar-refractivity contribution in [3.63, 3.8) is 0 Å². The molecule has 0 atom stereocenters. The Morgan fingerprint density at radius 3 is 2.18 bits per heavy atom. The summed E-state index contributed by atoms with van der Waals surface area (Å²) in [5.41, 5.74) is 0. The minimum absolute atomic E-state index is 0.630. The summed E-state index contributed by atoms with van der Waals surface area (Å²) in [6, 6.07) is 0. The summed E-state index contributed by atoms with van der Waals surface area (Å²) in [6.45, 7) is 5.67. The van der Waals surface area contributed by atoms with Gasteiger partial charge in [0.1, 0.15) is 0 Å². The number of hydrogen-bond acceptors (Lipinski definition) is 4. The lowest BCUT2D eigenvalue weighted by Crippen LogP contribution is -2.24. The maximum absolute atomic E-state index is 5.28. The van der Waals surface area contributed by atoms with Gasteiger partial charge in [0.05, 0.1) is 26.6 Å². The van der Waals surface area contributed by atoms with Crippen LogP contribution in [-0.4, -0.2) is 46.2 Å². The van der Waals surface area contributed by atoms with Gasteiger partial charge in [-0.2, -0.15) is 0 Å². The van der Waals surface area contributed by atoms with Gasteiger partial charge in [-0.1, -0.05) is 0 Å². The number of rotatable bonds is 0. The maximum atomic E-state index is 5.28. The zero-order chi connectivity index (χ0) is 7.78. The Labute approximate surface area is 67.2 Å². The molecule has 11 heavy (non-hydrogen) atoms. The fourth-order valence-electron chi connectivity index (χ4n) is 0.877. The molecule has 4 nitrogen and oxygen atoms in total. The van der Waals surface area contributed by atoms with Gasteiger partial charge in [-0.3, -0.25) is 5.32 Å². The van der Waals surface area contributed by atoms with Crippen LogP contribution in [0.1, 0.15) is 0 Å².